The minimum atomic E-state index is 0. The number of likely N-dealkylation sites (N-methyl/N-ethyl adjacent to an activating group) is 1. The lowest BCUT2D eigenvalue weighted by atomic mass is 10.2. The van der Waals surface area contributed by atoms with Crippen molar-refractivity contribution in [1.29, 1.82) is 0 Å². The van der Waals surface area contributed by atoms with Gasteiger partial charge in [0.2, 0.25) is 0 Å². The summed E-state index contributed by atoms with van der Waals surface area (Å²) < 4.78 is 10.9. The summed E-state index contributed by atoms with van der Waals surface area (Å²) in [7, 11) is 1.83. The molecule has 1 fully saturated rings. The summed E-state index contributed by atoms with van der Waals surface area (Å²) in [5, 5.41) is 3.25. The van der Waals surface area contributed by atoms with Gasteiger partial charge in [0, 0.05) is 19.6 Å². The van der Waals surface area contributed by atoms with Crippen LogP contribution < -0.4 is 14.8 Å². The van der Waals surface area contributed by atoms with Gasteiger partial charge in [0.1, 0.15) is 11.5 Å². The summed E-state index contributed by atoms with van der Waals surface area (Å²) in [5.41, 5.74) is 0. The lowest BCUT2D eigenvalue weighted by molar-refractivity contribution is -0.133. The zero-order valence-corrected chi connectivity index (χ0v) is 13.3. The van der Waals surface area contributed by atoms with Crippen LogP contribution in [-0.4, -0.2) is 50.2 Å². The molecule has 0 radical (unpaired) electrons. The van der Waals surface area contributed by atoms with Crippen molar-refractivity contribution in [3.63, 3.8) is 0 Å². The molecule has 1 unspecified atom stereocenters. The molecule has 1 aliphatic rings. The highest BCUT2D eigenvalue weighted by atomic mass is 35.5. The zero-order valence-electron chi connectivity index (χ0n) is 12.5. The fraction of sp³-hybridized carbons (Fsp3) is 0.533. The smallest absolute Gasteiger partial charge is 0.260 e. The molecule has 5 nitrogen and oxygen atoms in total. The second-order valence-electron chi connectivity index (χ2n) is 4.84. The minimum absolute atomic E-state index is 0. The van der Waals surface area contributed by atoms with Crippen molar-refractivity contribution < 1.29 is 14.3 Å². The molecule has 1 aromatic carbocycles. The van der Waals surface area contributed by atoms with Crippen LogP contribution in [0.2, 0.25) is 0 Å². The Labute approximate surface area is 132 Å². The molecule has 1 atom stereocenters. The molecule has 0 saturated carbocycles. The van der Waals surface area contributed by atoms with Crippen LogP contribution in [0.15, 0.2) is 24.3 Å². The van der Waals surface area contributed by atoms with E-state index in [-0.39, 0.29) is 31.0 Å². The fourth-order valence-corrected chi connectivity index (χ4v) is 2.22. The van der Waals surface area contributed by atoms with E-state index < -0.39 is 0 Å². The van der Waals surface area contributed by atoms with Gasteiger partial charge in [-0.15, -0.1) is 12.4 Å². The maximum Gasteiger partial charge on any atom is 0.260 e. The van der Waals surface area contributed by atoms with E-state index in [9.17, 15) is 4.79 Å². The third kappa shape index (κ3) is 5.10. The van der Waals surface area contributed by atoms with Crippen LogP contribution in [-0.2, 0) is 4.79 Å². The standard InChI is InChI=1S/C15H22N2O3.ClH/c1-3-19-13-4-6-14(7-5-13)20-11-15(18)17(2)12-8-9-16-10-12;/h4-7,12,16H,3,8-11H2,1-2H3;1H. The van der Waals surface area contributed by atoms with Crippen LogP contribution in [0.1, 0.15) is 13.3 Å². The Morgan fingerprint density at radius 3 is 2.43 bits per heavy atom. The van der Waals surface area contributed by atoms with Crippen LogP contribution in [0.3, 0.4) is 0 Å². The van der Waals surface area contributed by atoms with Crippen molar-refractivity contribution in [3.05, 3.63) is 24.3 Å². The van der Waals surface area contributed by atoms with Crippen LogP contribution >= 0.6 is 12.4 Å². The second-order valence-corrected chi connectivity index (χ2v) is 4.84. The average Bonchev–Trinajstić information content (AvgIpc) is 3.00. The van der Waals surface area contributed by atoms with Gasteiger partial charge in [-0.05, 0) is 44.2 Å². The quantitative estimate of drug-likeness (QED) is 0.868. The maximum atomic E-state index is 12.0. The first kappa shape index (κ1) is 17.6. The molecule has 1 aliphatic heterocycles. The number of carbonyl (C=O) groups excluding carboxylic acids is 1. The Morgan fingerprint density at radius 2 is 1.90 bits per heavy atom. The fourth-order valence-electron chi connectivity index (χ4n) is 2.22. The van der Waals surface area contributed by atoms with Gasteiger partial charge in [-0.1, -0.05) is 0 Å². The summed E-state index contributed by atoms with van der Waals surface area (Å²) in [5.74, 6) is 1.49. The molecule has 118 valence electrons. The zero-order chi connectivity index (χ0) is 14.4. The Hall–Kier alpha value is -1.46. The van der Waals surface area contributed by atoms with Crippen molar-refractivity contribution in [2.75, 3.05) is 33.4 Å². The number of nitrogens with one attached hydrogen (secondary N) is 1. The number of amides is 1. The molecular weight excluding hydrogens is 292 g/mol. The second kappa shape index (κ2) is 8.74. The molecule has 21 heavy (non-hydrogen) atoms. The molecule has 2 rings (SSSR count). The molecule has 0 aliphatic carbocycles. The summed E-state index contributed by atoms with van der Waals surface area (Å²) >= 11 is 0. The average molecular weight is 315 g/mol. The lowest BCUT2D eigenvalue weighted by Crippen LogP contribution is -2.40. The molecule has 6 heteroatoms. The largest absolute Gasteiger partial charge is 0.494 e. The van der Waals surface area contributed by atoms with Crippen LogP contribution in [0.5, 0.6) is 11.5 Å². The van der Waals surface area contributed by atoms with Crippen molar-refractivity contribution in [1.82, 2.24) is 10.2 Å². The first-order valence-corrected chi connectivity index (χ1v) is 7.02. The summed E-state index contributed by atoms with van der Waals surface area (Å²) in [6.45, 7) is 4.49. The van der Waals surface area contributed by atoms with E-state index in [1.807, 2.05) is 38.2 Å². The highest BCUT2D eigenvalue weighted by Crippen LogP contribution is 2.17. The third-order valence-electron chi connectivity index (χ3n) is 3.47. The summed E-state index contributed by atoms with van der Waals surface area (Å²) in [6, 6.07) is 7.60. The molecule has 0 bridgehead atoms. The molecule has 0 spiro atoms. The van der Waals surface area contributed by atoms with Gasteiger partial charge in [0.05, 0.1) is 6.61 Å². The Kier molecular flexibility index (Phi) is 7.32. The van der Waals surface area contributed by atoms with Crippen LogP contribution in [0.4, 0.5) is 0 Å². The van der Waals surface area contributed by atoms with Gasteiger partial charge in [0.25, 0.3) is 5.91 Å². The van der Waals surface area contributed by atoms with E-state index >= 15 is 0 Å². The number of rotatable bonds is 6. The SMILES string of the molecule is CCOc1ccc(OCC(=O)N(C)C2CCNC2)cc1.Cl. The molecule has 0 aromatic heterocycles. The van der Waals surface area contributed by atoms with Crippen molar-refractivity contribution >= 4 is 18.3 Å². The van der Waals surface area contributed by atoms with Crippen molar-refractivity contribution in [2.45, 2.75) is 19.4 Å². The predicted octanol–water partition coefficient (Wildman–Crippen LogP) is 1.71. The molecule has 1 aromatic rings. The molecule has 1 saturated heterocycles. The maximum absolute atomic E-state index is 12.0. The van der Waals surface area contributed by atoms with Crippen molar-refractivity contribution in [2.24, 2.45) is 0 Å². The first-order valence-electron chi connectivity index (χ1n) is 7.02. The van der Waals surface area contributed by atoms with E-state index in [1.165, 1.54) is 0 Å². The summed E-state index contributed by atoms with van der Waals surface area (Å²) in [6.07, 6.45) is 1.01. The number of nitrogens with zero attached hydrogens (tertiary/aromatic N) is 1. The van der Waals surface area contributed by atoms with Gasteiger partial charge in [-0.3, -0.25) is 4.79 Å². The molecule has 1 heterocycles. The Morgan fingerprint density at radius 1 is 1.29 bits per heavy atom. The number of benzene rings is 1. The Bertz CT molecular complexity index is 433. The molecular formula is C15H23ClN2O3. The highest BCUT2D eigenvalue weighted by Gasteiger charge is 2.23. The van der Waals surface area contributed by atoms with Crippen LogP contribution in [0.25, 0.3) is 0 Å². The number of hydrogen-bond donors (Lipinski definition) is 1. The monoisotopic (exact) mass is 314 g/mol. The van der Waals surface area contributed by atoms with Gasteiger partial charge in [-0.2, -0.15) is 0 Å². The van der Waals surface area contributed by atoms with Gasteiger partial charge < -0.3 is 19.7 Å². The van der Waals surface area contributed by atoms with E-state index in [1.54, 1.807) is 4.90 Å². The normalized spacial score (nSPS) is 17.0. The molecule has 1 amide bonds. The third-order valence-corrected chi connectivity index (χ3v) is 3.47. The van der Waals surface area contributed by atoms with E-state index in [0.717, 1.165) is 25.3 Å². The van der Waals surface area contributed by atoms with Crippen LogP contribution in [0, 0.1) is 0 Å². The Balaban J connectivity index is 0.00000220. The minimum Gasteiger partial charge on any atom is -0.494 e. The number of carbonyl (C=O) groups is 1. The summed E-state index contributed by atoms with van der Waals surface area (Å²) in [4.78, 5) is 13.8. The number of halogens is 1. The predicted molar refractivity (Wildman–Crippen MR) is 84.4 cm³/mol. The van der Waals surface area contributed by atoms with Gasteiger partial charge >= 0.3 is 0 Å². The van der Waals surface area contributed by atoms with Gasteiger partial charge in [-0.25, -0.2) is 0 Å². The van der Waals surface area contributed by atoms with Gasteiger partial charge in [0.15, 0.2) is 6.61 Å². The highest BCUT2D eigenvalue weighted by molar-refractivity contribution is 5.85. The number of ether oxygens (including phenoxy) is 2. The number of hydrogen-bond acceptors (Lipinski definition) is 4. The first-order chi connectivity index (χ1) is 9.70. The van der Waals surface area contributed by atoms with E-state index in [4.69, 9.17) is 9.47 Å². The van der Waals surface area contributed by atoms with E-state index in [2.05, 4.69) is 5.32 Å². The molecule has 1 N–H and O–H groups in total. The van der Waals surface area contributed by atoms with Crippen molar-refractivity contribution in [3.8, 4) is 11.5 Å². The topological polar surface area (TPSA) is 50.8 Å². The van der Waals surface area contributed by atoms with E-state index in [0.29, 0.717) is 12.4 Å². The lowest BCUT2D eigenvalue weighted by Gasteiger charge is -2.23.